The Bertz CT molecular complexity index is 472. The second-order valence-corrected chi connectivity index (χ2v) is 4.33. The molecule has 0 aromatic heterocycles. The molecular formula is C12H15NO6. The monoisotopic (exact) mass is 269 g/mol. The highest BCUT2D eigenvalue weighted by atomic mass is 16.4. The quantitative estimate of drug-likeness (QED) is 0.471. The van der Waals surface area contributed by atoms with Gasteiger partial charge in [0, 0.05) is 12.8 Å². The van der Waals surface area contributed by atoms with Gasteiger partial charge in [-0.2, -0.15) is 0 Å². The molecule has 0 bridgehead atoms. The summed E-state index contributed by atoms with van der Waals surface area (Å²) in [7, 11) is 0. The molecule has 0 aliphatic heterocycles. The van der Waals surface area contributed by atoms with Crippen LogP contribution < -0.4 is 5.73 Å². The second-order valence-electron chi connectivity index (χ2n) is 4.33. The van der Waals surface area contributed by atoms with Gasteiger partial charge in [0.1, 0.15) is 11.8 Å². The van der Waals surface area contributed by atoms with Gasteiger partial charge in [-0.25, -0.2) is 4.79 Å². The zero-order valence-corrected chi connectivity index (χ0v) is 9.98. The van der Waals surface area contributed by atoms with Gasteiger partial charge in [-0.15, -0.1) is 0 Å². The number of phenols is 1. The number of aliphatic hydroxyl groups is 1. The fourth-order valence-electron chi connectivity index (χ4n) is 1.64. The average Bonchev–Trinajstić information content (AvgIpc) is 2.31. The van der Waals surface area contributed by atoms with E-state index in [-0.39, 0.29) is 12.2 Å². The van der Waals surface area contributed by atoms with Gasteiger partial charge in [-0.3, -0.25) is 4.79 Å². The molecule has 0 aliphatic carbocycles. The zero-order chi connectivity index (χ0) is 14.6. The van der Waals surface area contributed by atoms with E-state index in [1.165, 1.54) is 24.3 Å². The highest BCUT2D eigenvalue weighted by Gasteiger charge is 2.39. The van der Waals surface area contributed by atoms with Gasteiger partial charge >= 0.3 is 11.9 Å². The molecule has 1 rings (SSSR count). The van der Waals surface area contributed by atoms with E-state index in [0.717, 1.165) is 0 Å². The lowest BCUT2D eigenvalue weighted by Gasteiger charge is -2.25. The van der Waals surface area contributed by atoms with Crippen LogP contribution in [0.4, 0.5) is 0 Å². The van der Waals surface area contributed by atoms with E-state index in [9.17, 15) is 14.7 Å². The molecule has 0 unspecified atom stereocenters. The minimum absolute atomic E-state index is 0.00449. The summed E-state index contributed by atoms with van der Waals surface area (Å²) < 4.78 is 0. The molecule has 0 saturated carbocycles. The summed E-state index contributed by atoms with van der Waals surface area (Å²) in [5.74, 6) is -2.92. The lowest BCUT2D eigenvalue weighted by atomic mass is 9.88. The molecule has 0 saturated heterocycles. The fourth-order valence-corrected chi connectivity index (χ4v) is 1.64. The maximum Gasteiger partial charge on any atom is 0.336 e. The molecule has 7 heteroatoms. The molecule has 1 aromatic rings. The van der Waals surface area contributed by atoms with Gasteiger partial charge < -0.3 is 26.2 Å². The van der Waals surface area contributed by atoms with Crippen LogP contribution in [0.5, 0.6) is 5.75 Å². The number of benzene rings is 1. The van der Waals surface area contributed by atoms with Crippen molar-refractivity contribution in [3.05, 3.63) is 29.8 Å². The normalized spacial score (nSPS) is 15.5. The molecule has 0 heterocycles. The van der Waals surface area contributed by atoms with Crippen molar-refractivity contribution in [3.8, 4) is 5.75 Å². The van der Waals surface area contributed by atoms with Crippen LogP contribution >= 0.6 is 0 Å². The lowest BCUT2D eigenvalue weighted by molar-refractivity contribution is -0.160. The smallest absolute Gasteiger partial charge is 0.336 e. The standard InChI is InChI=1S/C12H15NO6/c13-9(10(15)16)6-12(19,11(17)18)5-7-1-3-8(14)4-2-7/h1-4,9,14,19H,5-6,13H2,(H,15,16)(H,17,18)/t9-,12+/m1/s1. The van der Waals surface area contributed by atoms with E-state index < -0.39 is 30.0 Å². The molecule has 0 fully saturated rings. The van der Waals surface area contributed by atoms with Crippen molar-refractivity contribution < 1.29 is 30.0 Å². The topological polar surface area (TPSA) is 141 Å². The molecule has 0 spiro atoms. The highest BCUT2D eigenvalue weighted by Crippen LogP contribution is 2.21. The van der Waals surface area contributed by atoms with E-state index in [0.29, 0.717) is 5.56 Å². The maximum absolute atomic E-state index is 11.1. The van der Waals surface area contributed by atoms with Crippen LogP contribution in [0, 0.1) is 0 Å². The minimum Gasteiger partial charge on any atom is -0.508 e. The largest absolute Gasteiger partial charge is 0.508 e. The molecule has 7 nitrogen and oxygen atoms in total. The maximum atomic E-state index is 11.1. The number of aliphatic carboxylic acids is 2. The van der Waals surface area contributed by atoms with Crippen LogP contribution in [-0.4, -0.2) is 44.0 Å². The van der Waals surface area contributed by atoms with Crippen molar-refractivity contribution >= 4 is 11.9 Å². The average molecular weight is 269 g/mol. The molecule has 2 atom stereocenters. The Morgan fingerprint density at radius 1 is 1.21 bits per heavy atom. The molecule has 19 heavy (non-hydrogen) atoms. The fraction of sp³-hybridized carbons (Fsp3) is 0.333. The SMILES string of the molecule is N[C@H](C[C@@](O)(Cc1ccc(O)cc1)C(=O)O)C(=O)O. The Morgan fingerprint density at radius 3 is 2.16 bits per heavy atom. The first-order valence-corrected chi connectivity index (χ1v) is 5.46. The number of aromatic hydroxyl groups is 1. The summed E-state index contributed by atoms with van der Waals surface area (Å²) in [6.45, 7) is 0. The van der Waals surface area contributed by atoms with Gasteiger partial charge in [-0.1, -0.05) is 12.1 Å². The van der Waals surface area contributed by atoms with E-state index >= 15 is 0 Å². The van der Waals surface area contributed by atoms with Crippen LogP contribution in [0.1, 0.15) is 12.0 Å². The first kappa shape index (κ1) is 14.9. The zero-order valence-electron chi connectivity index (χ0n) is 9.98. The molecule has 6 N–H and O–H groups in total. The lowest BCUT2D eigenvalue weighted by Crippen LogP contribution is -2.48. The summed E-state index contributed by atoms with van der Waals surface area (Å²) in [6, 6.07) is 4.09. The van der Waals surface area contributed by atoms with Crippen LogP contribution in [0.2, 0.25) is 0 Å². The van der Waals surface area contributed by atoms with Gasteiger partial charge in [0.15, 0.2) is 5.60 Å². The minimum atomic E-state index is -2.27. The van der Waals surface area contributed by atoms with Crippen molar-refractivity contribution in [2.45, 2.75) is 24.5 Å². The summed E-state index contributed by atoms with van der Waals surface area (Å²) in [6.07, 6.45) is -0.915. The van der Waals surface area contributed by atoms with Crippen molar-refractivity contribution in [2.75, 3.05) is 0 Å². The highest BCUT2D eigenvalue weighted by molar-refractivity contribution is 5.80. The van der Waals surface area contributed by atoms with Crippen molar-refractivity contribution in [1.82, 2.24) is 0 Å². The Hall–Kier alpha value is -2.12. The Balaban J connectivity index is 2.90. The molecule has 0 radical (unpaired) electrons. The Morgan fingerprint density at radius 2 is 1.74 bits per heavy atom. The van der Waals surface area contributed by atoms with E-state index in [4.69, 9.17) is 21.1 Å². The third kappa shape index (κ3) is 3.94. The predicted octanol–water partition coefficient (Wildman–Crippen LogP) is -0.448. The second kappa shape index (κ2) is 5.68. The predicted molar refractivity (Wildman–Crippen MR) is 64.6 cm³/mol. The molecule has 1 aromatic carbocycles. The molecule has 104 valence electrons. The van der Waals surface area contributed by atoms with Crippen molar-refractivity contribution in [2.24, 2.45) is 5.73 Å². The van der Waals surface area contributed by atoms with E-state index in [1.54, 1.807) is 0 Å². The Kier molecular flexibility index (Phi) is 4.47. The van der Waals surface area contributed by atoms with Gasteiger partial charge in [0.2, 0.25) is 0 Å². The van der Waals surface area contributed by atoms with E-state index in [1.807, 2.05) is 0 Å². The molecule has 0 amide bonds. The third-order valence-corrected chi connectivity index (χ3v) is 2.71. The number of carboxylic acids is 2. The number of nitrogens with two attached hydrogens (primary N) is 1. The summed E-state index contributed by atoms with van der Waals surface area (Å²) in [5.41, 5.74) is 3.43. The third-order valence-electron chi connectivity index (χ3n) is 2.71. The molecular weight excluding hydrogens is 254 g/mol. The number of phenolic OH excluding ortho intramolecular Hbond substituents is 1. The van der Waals surface area contributed by atoms with Gasteiger partial charge in [0.25, 0.3) is 0 Å². The van der Waals surface area contributed by atoms with Crippen LogP contribution in [0.3, 0.4) is 0 Å². The summed E-state index contributed by atoms with van der Waals surface area (Å²) in [4.78, 5) is 21.7. The van der Waals surface area contributed by atoms with Crippen molar-refractivity contribution in [3.63, 3.8) is 0 Å². The van der Waals surface area contributed by atoms with Crippen LogP contribution in [0.15, 0.2) is 24.3 Å². The number of carbonyl (C=O) groups is 2. The first-order valence-electron chi connectivity index (χ1n) is 5.46. The number of hydrogen-bond donors (Lipinski definition) is 5. The number of rotatable bonds is 6. The molecule has 0 aliphatic rings. The van der Waals surface area contributed by atoms with Crippen molar-refractivity contribution in [1.29, 1.82) is 0 Å². The van der Waals surface area contributed by atoms with Gasteiger partial charge in [0.05, 0.1) is 0 Å². The van der Waals surface area contributed by atoms with Crippen LogP contribution in [0.25, 0.3) is 0 Å². The number of carboxylic acid groups (broad SMARTS) is 2. The number of hydrogen-bond acceptors (Lipinski definition) is 5. The Labute approximate surface area is 108 Å². The summed E-state index contributed by atoms with van der Waals surface area (Å²) in [5, 5.41) is 36.8. The van der Waals surface area contributed by atoms with E-state index in [2.05, 4.69) is 0 Å². The van der Waals surface area contributed by atoms with Gasteiger partial charge in [-0.05, 0) is 17.7 Å². The first-order chi connectivity index (χ1) is 8.74. The summed E-state index contributed by atoms with van der Waals surface area (Å²) >= 11 is 0. The van der Waals surface area contributed by atoms with Crippen LogP contribution in [-0.2, 0) is 16.0 Å².